The highest BCUT2D eigenvalue weighted by molar-refractivity contribution is 7.18. The van der Waals surface area contributed by atoms with Gasteiger partial charge in [-0.3, -0.25) is 4.79 Å². The van der Waals surface area contributed by atoms with Gasteiger partial charge in [0, 0.05) is 37.2 Å². The van der Waals surface area contributed by atoms with Gasteiger partial charge < -0.3 is 15.2 Å². The van der Waals surface area contributed by atoms with E-state index in [4.69, 9.17) is 4.74 Å². The summed E-state index contributed by atoms with van der Waals surface area (Å²) in [5, 5.41) is 15.8. The summed E-state index contributed by atoms with van der Waals surface area (Å²) >= 11 is 0. The molecule has 7 nitrogen and oxygen atoms in total. The van der Waals surface area contributed by atoms with Crippen LogP contribution in [0.3, 0.4) is 0 Å². The van der Waals surface area contributed by atoms with E-state index in [1.165, 1.54) is 0 Å². The van der Waals surface area contributed by atoms with Gasteiger partial charge >= 0.3 is 0 Å². The molecular weight excluding hydrogens is 442 g/mol. The summed E-state index contributed by atoms with van der Waals surface area (Å²) in [4.78, 5) is 17.5. The first kappa shape index (κ1) is 22.0. The van der Waals surface area contributed by atoms with Crippen LogP contribution in [0.25, 0.3) is 5.69 Å². The lowest BCUT2D eigenvalue weighted by atomic mass is 9.90. The van der Waals surface area contributed by atoms with Gasteiger partial charge in [0.05, 0.1) is 30.1 Å². The van der Waals surface area contributed by atoms with Crippen molar-refractivity contribution in [3.63, 3.8) is 0 Å². The minimum Gasteiger partial charge on any atom is -0.491 e. The Balaban J connectivity index is 1.36. The smallest absolute Gasteiger partial charge is 0.270 e. The summed E-state index contributed by atoms with van der Waals surface area (Å²) < 4.78 is 22.0. The number of aliphatic hydroxyl groups is 1. The van der Waals surface area contributed by atoms with Crippen molar-refractivity contribution in [2.24, 2.45) is 0 Å². The van der Waals surface area contributed by atoms with Crippen molar-refractivity contribution in [2.45, 2.75) is 49.7 Å². The van der Waals surface area contributed by atoms with E-state index >= 15 is 0 Å². The minimum atomic E-state index is -1.48. The molecule has 0 spiro atoms. The zero-order chi connectivity index (χ0) is 23.0. The molecule has 2 aliphatic rings. The molecule has 1 saturated carbocycles. The van der Waals surface area contributed by atoms with E-state index in [0.29, 0.717) is 25.9 Å². The van der Waals surface area contributed by atoms with Crippen LogP contribution in [0.4, 0.5) is 4.39 Å². The quantitative estimate of drug-likeness (QED) is 0.562. The molecule has 0 saturated heterocycles. The second-order valence-corrected chi connectivity index (χ2v) is 9.79. The third-order valence-corrected chi connectivity index (χ3v) is 6.76. The molecule has 1 aliphatic heterocycles. The lowest BCUT2D eigenvalue weighted by Gasteiger charge is -2.35. The number of ether oxygens (including phenoxy) is 1. The number of amides is 1. The fourth-order valence-corrected chi connectivity index (χ4v) is 4.90. The molecule has 1 aromatic carbocycles. The molecule has 1 amide bonds. The van der Waals surface area contributed by atoms with E-state index in [2.05, 4.69) is 24.6 Å². The topological polar surface area (TPSA) is 89.3 Å². The first-order chi connectivity index (χ1) is 15.9. The maximum absolute atomic E-state index is 14.4. The molecule has 4 atom stereocenters. The highest BCUT2D eigenvalue weighted by atomic mass is 31.0. The number of hydrogen-bond acceptors (Lipinski definition) is 5. The van der Waals surface area contributed by atoms with E-state index in [-0.39, 0.29) is 18.5 Å². The van der Waals surface area contributed by atoms with Gasteiger partial charge in [0.15, 0.2) is 0 Å². The largest absolute Gasteiger partial charge is 0.491 e. The Hall–Kier alpha value is -2.83. The molecule has 2 aromatic heterocycles. The number of carbonyl (C=O) groups is 1. The molecule has 1 aliphatic carbocycles. The van der Waals surface area contributed by atoms with E-state index in [0.717, 1.165) is 28.3 Å². The first-order valence-corrected chi connectivity index (χ1v) is 11.7. The summed E-state index contributed by atoms with van der Waals surface area (Å²) in [7, 11) is 2.19. The number of carbonyl (C=O) groups excluding carboxylic acids is 1. The summed E-state index contributed by atoms with van der Waals surface area (Å²) in [6.45, 7) is 0.525. The van der Waals surface area contributed by atoms with Crippen molar-refractivity contribution < 1.29 is 19.0 Å². The Kier molecular flexibility index (Phi) is 5.89. The van der Waals surface area contributed by atoms with Gasteiger partial charge in [-0.05, 0) is 42.7 Å². The zero-order valence-electron chi connectivity index (χ0n) is 18.1. The second kappa shape index (κ2) is 8.84. The van der Waals surface area contributed by atoms with Crippen LogP contribution in [0.15, 0.2) is 48.8 Å². The van der Waals surface area contributed by atoms with Crippen LogP contribution in [0.1, 0.15) is 46.6 Å². The zero-order valence-corrected chi connectivity index (χ0v) is 19.2. The molecule has 5 rings (SSSR count). The lowest BCUT2D eigenvalue weighted by molar-refractivity contribution is 0.0423. The van der Waals surface area contributed by atoms with Crippen LogP contribution in [0.2, 0.25) is 0 Å². The van der Waals surface area contributed by atoms with Gasteiger partial charge in [0.2, 0.25) is 0 Å². The average Bonchev–Trinajstić information content (AvgIpc) is 3.49. The normalized spacial score (nSPS) is 24.2. The highest BCUT2D eigenvalue weighted by Crippen LogP contribution is 2.38. The maximum Gasteiger partial charge on any atom is 0.270 e. The Morgan fingerprint density at radius 1 is 1.36 bits per heavy atom. The van der Waals surface area contributed by atoms with Crippen LogP contribution in [-0.4, -0.2) is 49.9 Å². The Morgan fingerprint density at radius 2 is 2.18 bits per heavy atom. The molecule has 2 N–H and O–H groups in total. The number of aliphatic hydroxyl groups excluding tert-OH is 1. The van der Waals surface area contributed by atoms with Crippen LogP contribution in [-0.2, 0) is 12.8 Å². The summed E-state index contributed by atoms with van der Waals surface area (Å²) in [5.41, 5.74) is 3.91. The Morgan fingerprint density at radius 3 is 2.94 bits per heavy atom. The van der Waals surface area contributed by atoms with E-state index < -0.39 is 23.5 Å². The van der Waals surface area contributed by atoms with E-state index in [9.17, 15) is 14.3 Å². The average molecular weight is 468 g/mol. The first-order valence-electron chi connectivity index (χ1n) is 11.1. The number of hydrogen-bond donors (Lipinski definition) is 2. The Labute approximate surface area is 193 Å². The maximum atomic E-state index is 14.4. The van der Waals surface area contributed by atoms with Gasteiger partial charge in [0.25, 0.3) is 5.91 Å². The fourth-order valence-electron chi connectivity index (χ4n) is 4.48. The third kappa shape index (κ3) is 4.77. The molecule has 0 bridgehead atoms. The van der Waals surface area contributed by atoms with Crippen LogP contribution < -0.4 is 10.1 Å². The van der Waals surface area contributed by atoms with Gasteiger partial charge in [0.1, 0.15) is 16.9 Å². The number of nitrogens with zero attached hydrogens (tertiary/aromatic N) is 3. The summed E-state index contributed by atoms with van der Waals surface area (Å²) in [6.07, 6.45) is 4.66. The number of pyridine rings is 1. The number of rotatable bonds is 5. The van der Waals surface area contributed by atoms with Crippen molar-refractivity contribution >= 4 is 15.1 Å². The van der Waals surface area contributed by atoms with E-state index in [1.54, 1.807) is 16.9 Å². The number of alkyl halides is 1. The van der Waals surface area contributed by atoms with Crippen molar-refractivity contribution in [3.8, 4) is 11.4 Å². The SMILES string of the molecule is O=C(NC1CC(F)(P)CCC1O)c1cc(Cc2ccc(-n3cccn3)cc2)c2c(n1)CCO2. The van der Waals surface area contributed by atoms with Crippen LogP contribution >= 0.6 is 9.24 Å². The molecule has 3 heterocycles. The molecular formula is C24H26FN4O3P. The van der Waals surface area contributed by atoms with Gasteiger partial charge in [-0.15, -0.1) is 0 Å². The molecule has 0 radical (unpaired) electrons. The number of halogens is 1. The van der Waals surface area contributed by atoms with Crippen molar-refractivity contribution in [2.75, 3.05) is 6.61 Å². The molecule has 3 aromatic rings. The number of fused-ring (bicyclic) bond motifs is 1. The van der Waals surface area contributed by atoms with Gasteiger partial charge in [-0.2, -0.15) is 5.10 Å². The summed E-state index contributed by atoms with van der Waals surface area (Å²) in [6, 6.07) is 11.0. The van der Waals surface area contributed by atoms with E-state index in [1.807, 2.05) is 36.5 Å². The third-order valence-electron chi connectivity index (χ3n) is 6.23. The number of aromatic nitrogens is 3. The summed E-state index contributed by atoms with van der Waals surface area (Å²) in [5.74, 6) is 0.319. The molecule has 172 valence electrons. The molecule has 4 unspecified atom stereocenters. The number of benzene rings is 1. The predicted octanol–water partition coefficient (Wildman–Crippen LogP) is 2.98. The highest BCUT2D eigenvalue weighted by Gasteiger charge is 2.38. The second-order valence-electron chi connectivity index (χ2n) is 8.76. The van der Waals surface area contributed by atoms with Gasteiger partial charge in [-0.25, -0.2) is 14.1 Å². The van der Waals surface area contributed by atoms with Crippen molar-refractivity contribution in [1.29, 1.82) is 0 Å². The van der Waals surface area contributed by atoms with Crippen molar-refractivity contribution in [3.05, 3.63) is 71.3 Å². The molecule has 9 heteroatoms. The Bertz CT molecular complexity index is 1150. The van der Waals surface area contributed by atoms with Crippen LogP contribution in [0.5, 0.6) is 5.75 Å². The molecule has 33 heavy (non-hydrogen) atoms. The van der Waals surface area contributed by atoms with Crippen LogP contribution in [0, 0.1) is 0 Å². The monoisotopic (exact) mass is 468 g/mol. The predicted molar refractivity (Wildman–Crippen MR) is 124 cm³/mol. The van der Waals surface area contributed by atoms with Crippen molar-refractivity contribution in [1.82, 2.24) is 20.1 Å². The van der Waals surface area contributed by atoms with Gasteiger partial charge in [-0.1, -0.05) is 21.4 Å². The minimum absolute atomic E-state index is 0.0497. The molecule has 1 fully saturated rings. The standard InChI is InChI=1S/C24H26FN4O3P/c25-24(33)8-6-21(30)20(14-24)28-23(31)19-13-16(22-18(27-19)7-11-32-22)12-15-2-4-17(5-3-15)29-10-1-9-26-29/h1-5,9-10,13,20-21,30H,6-8,11-12,14,33H2,(H,28,31). The lowest BCUT2D eigenvalue weighted by Crippen LogP contribution is -2.49. The number of nitrogens with one attached hydrogen (secondary N) is 1. The fraction of sp³-hybridized carbons (Fsp3) is 0.375.